The van der Waals surface area contributed by atoms with Gasteiger partial charge in [0.05, 0.1) is 24.0 Å². The van der Waals surface area contributed by atoms with E-state index in [1.54, 1.807) is 0 Å². The molecule has 4 N–H and O–H groups in total. The van der Waals surface area contributed by atoms with Crippen molar-refractivity contribution in [2.45, 2.75) is 82.8 Å². The Labute approximate surface area is 172 Å². The maximum atomic E-state index is 11.8. The number of aliphatic hydroxyl groups is 2. The minimum atomic E-state index is -0.922. The van der Waals surface area contributed by atoms with Crippen LogP contribution in [0.1, 0.15) is 70.6 Å². The normalized spacial score (nSPS) is 47.7. The van der Waals surface area contributed by atoms with Crippen LogP contribution in [0.4, 0.5) is 0 Å². The van der Waals surface area contributed by atoms with Crippen LogP contribution in [-0.4, -0.2) is 44.6 Å². The predicted octanol–water partition coefficient (Wildman–Crippen LogP) is 3.15. The zero-order valence-electron chi connectivity index (χ0n) is 17.2. The van der Waals surface area contributed by atoms with Crippen LogP contribution < -0.4 is 0 Å². The van der Waals surface area contributed by atoms with Gasteiger partial charge in [-0.2, -0.15) is 0 Å². The molecule has 10 unspecified atom stereocenters. The lowest BCUT2D eigenvalue weighted by molar-refractivity contribution is -0.162. The van der Waals surface area contributed by atoms with Gasteiger partial charge in [-0.15, -0.1) is 0 Å². The molecule has 6 heteroatoms. The Hall–Kier alpha value is -1.14. The van der Waals surface area contributed by atoms with E-state index in [2.05, 4.69) is 0 Å². The van der Waals surface area contributed by atoms with Crippen molar-refractivity contribution < 1.29 is 30.0 Å². The first-order chi connectivity index (χ1) is 13.9. The van der Waals surface area contributed by atoms with Gasteiger partial charge in [0.25, 0.3) is 0 Å². The molecule has 6 nitrogen and oxygen atoms in total. The molecule has 0 radical (unpaired) electrons. The first-order valence-electron chi connectivity index (χ1n) is 11.7. The Morgan fingerprint density at radius 1 is 0.655 bits per heavy atom. The summed E-state index contributed by atoms with van der Waals surface area (Å²) in [5.41, 5.74) is 0. The lowest BCUT2D eigenvalue weighted by atomic mass is 9.55. The van der Waals surface area contributed by atoms with E-state index in [9.17, 15) is 30.0 Å². The Kier molecular flexibility index (Phi) is 6.22. The summed E-state index contributed by atoms with van der Waals surface area (Å²) in [4.78, 5) is 23.6. The van der Waals surface area contributed by atoms with Gasteiger partial charge in [-0.1, -0.05) is 38.5 Å². The van der Waals surface area contributed by atoms with Crippen molar-refractivity contribution >= 4 is 11.9 Å². The van der Waals surface area contributed by atoms with Gasteiger partial charge in [0.1, 0.15) is 0 Å². The van der Waals surface area contributed by atoms with Crippen molar-refractivity contribution in [3.8, 4) is 0 Å². The highest BCUT2D eigenvalue weighted by molar-refractivity contribution is 5.71. The second kappa shape index (κ2) is 8.54. The highest BCUT2D eigenvalue weighted by Gasteiger charge is 2.52. The van der Waals surface area contributed by atoms with Gasteiger partial charge in [0.15, 0.2) is 0 Å². The van der Waals surface area contributed by atoms with E-state index < -0.39 is 36.0 Å². The molecule has 0 aromatic heterocycles. The maximum Gasteiger partial charge on any atom is 0.309 e. The monoisotopic (exact) mass is 408 g/mol. The van der Waals surface area contributed by atoms with Crippen molar-refractivity contribution in [2.24, 2.45) is 47.3 Å². The molecule has 4 fully saturated rings. The number of carboxylic acids is 2. The van der Waals surface area contributed by atoms with E-state index in [0.717, 1.165) is 51.4 Å². The molecule has 0 aromatic carbocycles. The highest BCUT2D eigenvalue weighted by Crippen LogP contribution is 2.53. The van der Waals surface area contributed by atoms with Crippen LogP contribution in [-0.2, 0) is 9.59 Å². The van der Waals surface area contributed by atoms with Crippen molar-refractivity contribution in [3.63, 3.8) is 0 Å². The summed E-state index contributed by atoms with van der Waals surface area (Å²) in [6, 6.07) is 0. The molecule has 164 valence electrons. The fourth-order valence-corrected chi connectivity index (χ4v) is 7.66. The molecule has 4 saturated carbocycles. The van der Waals surface area contributed by atoms with Gasteiger partial charge in [-0.3, -0.25) is 9.59 Å². The minimum absolute atomic E-state index is 0.148. The summed E-state index contributed by atoms with van der Waals surface area (Å²) >= 11 is 0. The molecule has 4 rings (SSSR count). The molecule has 0 spiro atoms. The number of carboxylic acid groups (broad SMARTS) is 2. The van der Waals surface area contributed by atoms with Crippen molar-refractivity contribution in [2.75, 3.05) is 0 Å². The van der Waals surface area contributed by atoms with Gasteiger partial charge in [0, 0.05) is 0 Å². The summed E-state index contributed by atoms with van der Waals surface area (Å²) in [6.45, 7) is 0. The zero-order valence-corrected chi connectivity index (χ0v) is 17.2. The maximum absolute atomic E-state index is 11.8. The summed E-state index contributed by atoms with van der Waals surface area (Å²) in [5, 5.41) is 41.5. The van der Waals surface area contributed by atoms with Crippen LogP contribution in [0.25, 0.3) is 0 Å². The SMILES string of the molecule is O=C(O)C1CC2CCCCC2C(CC2C(O)C(C(=O)O)CC3CCCCC32)C1O. The Morgan fingerprint density at radius 2 is 1.03 bits per heavy atom. The first-order valence-corrected chi connectivity index (χ1v) is 11.7. The van der Waals surface area contributed by atoms with Crippen molar-refractivity contribution in [3.05, 3.63) is 0 Å². The molecular weight excluding hydrogens is 372 g/mol. The first kappa shape index (κ1) is 21.1. The van der Waals surface area contributed by atoms with E-state index in [-0.39, 0.29) is 11.8 Å². The fraction of sp³-hybridized carbons (Fsp3) is 0.913. The van der Waals surface area contributed by atoms with E-state index in [0.29, 0.717) is 42.9 Å². The summed E-state index contributed by atoms with van der Waals surface area (Å²) < 4.78 is 0. The molecule has 0 saturated heterocycles. The third-order valence-corrected chi connectivity index (χ3v) is 9.03. The van der Waals surface area contributed by atoms with Crippen LogP contribution in [0.3, 0.4) is 0 Å². The summed E-state index contributed by atoms with van der Waals surface area (Å²) in [7, 11) is 0. The molecular formula is C23H36O6. The number of fused-ring (bicyclic) bond motifs is 2. The van der Waals surface area contributed by atoms with Gasteiger partial charge >= 0.3 is 11.9 Å². The predicted molar refractivity (Wildman–Crippen MR) is 106 cm³/mol. The van der Waals surface area contributed by atoms with Gasteiger partial charge in [-0.25, -0.2) is 0 Å². The average Bonchev–Trinajstić information content (AvgIpc) is 2.70. The number of carbonyl (C=O) groups is 2. The smallest absolute Gasteiger partial charge is 0.309 e. The van der Waals surface area contributed by atoms with Crippen LogP contribution in [0.5, 0.6) is 0 Å². The largest absolute Gasteiger partial charge is 0.481 e. The van der Waals surface area contributed by atoms with Gasteiger partial charge in [0.2, 0.25) is 0 Å². The van der Waals surface area contributed by atoms with E-state index in [1.807, 2.05) is 0 Å². The Bertz CT molecular complexity index is 568. The van der Waals surface area contributed by atoms with Crippen molar-refractivity contribution in [1.29, 1.82) is 0 Å². The van der Waals surface area contributed by atoms with E-state index >= 15 is 0 Å². The van der Waals surface area contributed by atoms with Gasteiger partial charge < -0.3 is 20.4 Å². The van der Waals surface area contributed by atoms with Crippen LogP contribution >= 0.6 is 0 Å². The standard InChI is InChI=1S/C23H36O6/c24-20-16(14-7-3-1-5-12(14)9-18(20)22(26)27)11-17-15-8-4-2-6-13(15)10-19(21(17)25)23(28)29/h12-21,24-25H,1-11H2,(H,26,27)(H,28,29). The molecule has 4 aliphatic rings. The number of aliphatic carboxylic acids is 2. The highest BCUT2D eigenvalue weighted by atomic mass is 16.4. The second-order valence-electron chi connectivity index (χ2n) is 10.3. The quantitative estimate of drug-likeness (QED) is 0.568. The van der Waals surface area contributed by atoms with Crippen LogP contribution in [0.15, 0.2) is 0 Å². The van der Waals surface area contributed by atoms with Crippen LogP contribution in [0, 0.1) is 47.3 Å². The Morgan fingerprint density at radius 3 is 1.41 bits per heavy atom. The molecule has 0 aromatic rings. The van der Waals surface area contributed by atoms with Crippen molar-refractivity contribution in [1.82, 2.24) is 0 Å². The molecule has 0 heterocycles. The number of rotatable bonds is 4. The van der Waals surface area contributed by atoms with E-state index in [1.165, 1.54) is 0 Å². The topological polar surface area (TPSA) is 115 Å². The number of aliphatic hydroxyl groups excluding tert-OH is 2. The minimum Gasteiger partial charge on any atom is -0.481 e. The second-order valence-corrected chi connectivity index (χ2v) is 10.3. The van der Waals surface area contributed by atoms with Crippen LogP contribution in [0.2, 0.25) is 0 Å². The fourth-order valence-electron chi connectivity index (χ4n) is 7.66. The average molecular weight is 409 g/mol. The molecule has 10 atom stereocenters. The Balaban J connectivity index is 1.60. The molecule has 4 aliphatic carbocycles. The van der Waals surface area contributed by atoms with Gasteiger partial charge in [-0.05, 0) is 67.6 Å². The van der Waals surface area contributed by atoms with E-state index in [4.69, 9.17) is 0 Å². The number of hydrogen-bond acceptors (Lipinski definition) is 4. The lowest BCUT2D eigenvalue weighted by Gasteiger charge is -2.51. The third-order valence-electron chi connectivity index (χ3n) is 9.03. The third kappa shape index (κ3) is 3.95. The summed E-state index contributed by atoms with van der Waals surface area (Å²) in [5.74, 6) is -2.36. The zero-order chi connectivity index (χ0) is 20.7. The molecule has 0 aliphatic heterocycles. The molecule has 29 heavy (non-hydrogen) atoms. The summed E-state index contributed by atoms with van der Waals surface area (Å²) in [6.07, 6.45) is 8.40. The molecule has 0 bridgehead atoms. The number of hydrogen-bond donors (Lipinski definition) is 4. The molecule has 0 amide bonds. The lowest BCUT2D eigenvalue weighted by Crippen LogP contribution is -2.52.